The van der Waals surface area contributed by atoms with Crippen LogP contribution in [0.5, 0.6) is 5.75 Å². The molecule has 4 nitrogen and oxygen atoms in total. The average molecular weight is 276 g/mol. The molecule has 1 aliphatic rings. The molecule has 4 heteroatoms. The second kappa shape index (κ2) is 5.73. The van der Waals surface area contributed by atoms with Crippen LogP contribution in [0.1, 0.15) is 49.9 Å². The van der Waals surface area contributed by atoms with Crippen LogP contribution in [-0.2, 0) is 0 Å². The molecule has 3 N–H and O–H groups in total. The first-order valence-corrected chi connectivity index (χ1v) is 7.16. The van der Waals surface area contributed by atoms with Crippen molar-refractivity contribution in [2.24, 2.45) is 5.41 Å². The number of amides is 1. The predicted molar refractivity (Wildman–Crippen MR) is 80.9 cm³/mol. The highest BCUT2D eigenvalue weighted by atomic mass is 16.5. The maximum Gasteiger partial charge on any atom is 0.253 e. The van der Waals surface area contributed by atoms with E-state index in [9.17, 15) is 4.79 Å². The Morgan fingerprint density at radius 3 is 2.60 bits per heavy atom. The van der Waals surface area contributed by atoms with Crippen LogP contribution in [0.3, 0.4) is 0 Å². The van der Waals surface area contributed by atoms with Crippen molar-refractivity contribution in [1.82, 2.24) is 5.32 Å². The van der Waals surface area contributed by atoms with Gasteiger partial charge in [-0.2, -0.15) is 0 Å². The minimum Gasteiger partial charge on any atom is -0.497 e. The lowest BCUT2D eigenvalue weighted by atomic mass is 9.75. The van der Waals surface area contributed by atoms with Crippen LogP contribution in [0, 0.1) is 5.41 Å². The maximum atomic E-state index is 12.3. The molecule has 110 valence electrons. The van der Waals surface area contributed by atoms with Crippen molar-refractivity contribution in [2.75, 3.05) is 12.8 Å². The molecule has 1 saturated carbocycles. The van der Waals surface area contributed by atoms with E-state index in [0.29, 0.717) is 22.4 Å². The highest BCUT2D eigenvalue weighted by molar-refractivity contribution is 5.99. The van der Waals surface area contributed by atoms with Crippen LogP contribution in [0.2, 0.25) is 0 Å². The molecule has 1 fully saturated rings. The van der Waals surface area contributed by atoms with Gasteiger partial charge in [0, 0.05) is 11.7 Å². The van der Waals surface area contributed by atoms with Gasteiger partial charge in [0.2, 0.25) is 0 Å². The first kappa shape index (κ1) is 14.7. The zero-order valence-electron chi connectivity index (χ0n) is 12.5. The highest BCUT2D eigenvalue weighted by Crippen LogP contribution is 2.35. The monoisotopic (exact) mass is 276 g/mol. The minimum atomic E-state index is -0.105. The molecular weight excluding hydrogens is 252 g/mol. The van der Waals surface area contributed by atoms with Gasteiger partial charge in [-0.1, -0.05) is 13.8 Å². The van der Waals surface area contributed by atoms with Crippen molar-refractivity contribution in [1.29, 1.82) is 0 Å². The summed E-state index contributed by atoms with van der Waals surface area (Å²) in [5.41, 5.74) is 7.26. The third-order valence-electron chi connectivity index (χ3n) is 4.18. The number of rotatable bonds is 3. The van der Waals surface area contributed by atoms with Gasteiger partial charge >= 0.3 is 0 Å². The lowest BCUT2D eigenvalue weighted by molar-refractivity contribution is 0.0909. The van der Waals surface area contributed by atoms with E-state index in [1.807, 2.05) is 0 Å². The summed E-state index contributed by atoms with van der Waals surface area (Å²) in [7, 11) is 1.58. The number of carbonyl (C=O) groups excluding carboxylic acids is 1. The summed E-state index contributed by atoms with van der Waals surface area (Å²) in [6.07, 6.45) is 4.35. The van der Waals surface area contributed by atoms with Gasteiger partial charge in [0.25, 0.3) is 5.91 Å². The number of anilines is 1. The highest BCUT2D eigenvalue weighted by Gasteiger charge is 2.28. The van der Waals surface area contributed by atoms with Gasteiger partial charge in [0.15, 0.2) is 0 Å². The number of nitrogen functional groups attached to an aromatic ring is 1. The summed E-state index contributed by atoms with van der Waals surface area (Å²) in [6, 6.07) is 5.41. The Hall–Kier alpha value is -1.71. The molecule has 1 aliphatic carbocycles. The molecule has 0 saturated heterocycles. The fourth-order valence-electron chi connectivity index (χ4n) is 2.67. The van der Waals surface area contributed by atoms with Crippen LogP contribution in [-0.4, -0.2) is 19.1 Å². The topological polar surface area (TPSA) is 64.3 Å². The summed E-state index contributed by atoms with van der Waals surface area (Å²) < 4.78 is 5.14. The first-order chi connectivity index (χ1) is 9.41. The normalized spacial score (nSPS) is 18.6. The quantitative estimate of drug-likeness (QED) is 0.834. The molecule has 2 rings (SSSR count). The van der Waals surface area contributed by atoms with E-state index in [1.165, 1.54) is 0 Å². The minimum absolute atomic E-state index is 0.105. The van der Waals surface area contributed by atoms with Gasteiger partial charge in [-0.3, -0.25) is 4.79 Å². The Bertz CT molecular complexity index is 487. The van der Waals surface area contributed by atoms with E-state index in [1.54, 1.807) is 25.3 Å². The Morgan fingerprint density at radius 2 is 2.00 bits per heavy atom. The number of carbonyl (C=O) groups is 1. The van der Waals surface area contributed by atoms with Gasteiger partial charge in [0.05, 0.1) is 12.7 Å². The summed E-state index contributed by atoms with van der Waals surface area (Å²) in [5, 5.41) is 3.09. The molecule has 0 spiro atoms. The smallest absolute Gasteiger partial charge is 0.253 e. The molecule has 0 unspecified atom stereocenters. The van der Waals surface area contributed by atoms with E-state index in [2.05, 4.69) is 19.2 Å². The fourth-order valence-corrected chi connectivity index (χ4v) is 2.67. The molecule has 0 aromatic heterocycles. The van der Waals surface area contributed by atoms with Crippen molar-refractivity contribution in [3.63, 3.8) is 0 Å². The van der Waals surface area contributed by atoms with E-state index >= 15 is 0 Å². The van der Waals surface area contributed by atoms with Crippen LogP contribution in [0.15, 0.2) is 18.2 Å². The average Bonchev–Trinajstić information content (AvgIpc) is 2.41. The molecule has 0 heterocycles. The molecule has 0 bridgehead atoms. The lowest BCUT2D eigenvalue weighted by Gasteiger charge is -2.34. The molecule has 20 heavy (non-hydrogen) atoms. The summed E-state index contributed by atoms with van der Waals surface area (Å²) in [4.78, 5) is 12.3. The number of benzene rings is 1. The van der Waals surface area contributed by atoms with Gasteiger partial charge in [-0.15, -0.1) is 0 Å². The number of hydrogen-bond donors (Lipinski definition) is 2. The largest absolute Gasteiger partial charge is 0.497 e. The molecule has 0 aliphatic heterocycles. The predicted octanol–water partition coefficient (Wildman–Crippen LogP) is 2.98. The number of hydrogen-bond acceptors (Lipinski definition) is 3. The summed E-state index contributed by atoms with van der Waals surface area (Å²) in [5.74, 6) is 0.542. The van der Waals surface area contributed by atoms with Crippen LogP contribution < -0.4 is 15.8 Å². The molecular formula is C16H24N2O2. The van der Waals surface area contributed by atoms with Gasteiger partial charge < -0.3 is 15.8 Å². The van der Waals surface area contributed by atoms with Crippen LogP contribution in [0.4, 0.5) is 5.69 Å². The molecule has 0 atom stereocenters. The summed E-state index contributed by atoms with van der Waals surface area (Å²) in [6.45, 7) is 4.57. The Kier molecular flexibility index (Phi) is 4.21. The standard InChI is InChI=1S/C16H24N2O2/c1-16(2)8-6-11(7-9-16)18-15(19)13-10-12(20-3)4-5-14(13)17/h4-5,10-11H,6-9,17H2,1-3H3,(H,18,19). The molecule has 1 aromatic rings. The third kappa shape index (κ3) is 3.44. The third-order valence-corrected chi connectivity index (χ3v) is 4.18. The fraction of sp³-hybridized carbons (Fsp3) is 0.562. The SMILES string of the molecule is COc1ccc(N)c(C(=O)NC2CCC(C)(C)CC2)c1. The first-order valence-electron chi connectivity index (χ1n) is 7.16. The van der Waals surface area contributed by atoms with Crippen molar-refractivity contribution in [2.45, 2.75) is 45.6 Å². The number of methoxy groups -OCH3 is 1. The Labute approximate surface area is 120 Å². The van der Waals surface area contributed by atoms with E-state index in [0.717, 1.165) is 25.7 Å². The van der Waals surface area contributed by atoms with Gasteiger partial charge in [-0.05, 0) is 49.3 Å². The van der Waals surface area contributed by atoms with Crippen molar-refractivity contribution in [3.05, 3.63) is 23.8 Å². The van der Waals surface area contributed by atoms with Crippen LogP contribution in [0.25, 0.3) is 0 Å². The van der Waals surface area contributed by atoms with Crippen molar-refractivity contribution in [3.8, 4) is 5.75 Å². The number of ether oxygens (including phenoxy) is 1. The molecule has 0 radical (unpaired) electrons. The second-order valence-corrected chi connectivity index (χ2v) is 6.37. The van der Waals surface area contributed by atoms with Crippen LogP contribution >= 0.6 is 0 Å². The molecule has 1 amide bonds. The number of nitrogens with one attached hydrogen (secondary N) is 1. The molecule has 1 aromatic carbocycles. The lowest BCUT2D eigenvalue weighted by Crippen LogP contribution is -2.39. The van der Waals surface area contributed by atoms with Crippen molar-refractivity contribution >= 4 is 11.6 Å². The van der Waals surface area contributed by atoms with Crippen molar-refractivity contribution < 1.29 is 9.53 Å². The van der Waals surface area contributed by atoms with E-state index in [4.69, 9.17) is 10.5 Å². The zero-order valence-corrected chi connectivity index (χ0v) is 12.5. The van der Waals surface area contributed by atoms with E-state index < -0.39 is 0 Å². The Morgan fingerprint density at radius 1 is 1.35 bits per heavy atom. The van der Waals surface area contributed by atoms with Gasteiger partial charge in [-0.25, -0.2) is 0 Å². The van der Waals surface area contributed by atoms with E-state index in [-0.39, 0.29) is 11.9 Å². The maximum absolute atomic E-state index is 12.3. The zero-order chi connectivity index (χ0) is 14.8. The summed E-state index contributed by atoms with van der Waals surface area (Å²) >= 11 is 0. The Balaban J connectivity index is 2.02. The van der Waals surface area contributed by atoms with Gasteiger partial charge in [0.1, 0.15) is 5.75 Å². The number of nitrogens with two attached hydrogens (primary N) is 1. The second-order valence-electron chi connectivity index (χ2n) is 6.37.